The molecule has 0 bridgehead atoms. The first-order valence-corrected chi connectivity index (χ1v) is 8.96. The molecule has 1 heterocycles. The maximum Gasteiger partial charge on any atom is 0.138 e. The molecular weight excluding hydrogens is 402 g/mol. The number of imidazole rings is 1. The zero-order valence-corrected chi connectivity index (χ0v) is 15.2. The summed E-state index contributed by atoms with van der Waals surface area (Å²) in [5.74, 6) is 0.675. The van der Waals surface area contributed by atoms with Gasteiger partial charge in [-0.05, 0) is 60.3 Å². The van der Waals surface area contributed by atoms with Gasteiger partial charge in [0.05, 0.1) is 20.0 Å². The van der Waals surface area contributed by atoms with E-state index in [1.165, 1.54) is 25.7 Å². The zero-order valence-electron chi connectivity index (χ0n) is 12.3. The quantitative estimate of drug-likeness (QED) is 0.451. The lowest BCUT2D eigenvalue weighted by molar-refractivity contribution is 0.387. The Kier molecular flexibility index (Phi) is 4.21. The van der Waals surface area contributed by atoms with E-state index >= 15 is 0 Å². The molecule has 1 aromatic heterocycles. The maximum atomic E-state index is 14.0. The normalized spacial score (nSPS) is 18.1. The number of alkyl halides is 1. The number of nitrogens with zero attached hydrogens (tertiary/aromatic N) is 2. The molecule has 3 rings (SSSR count). The topological polar surface area (TPSA) is 17.8 Å². The summed E-state index contributed by atoms with van der Waals surface area (Å²) in [4.78, 5) is 4.65. The fourth-order valence-electron chi connectivity index (χ4n) is 3.14. The van der Waals surface area contributed by atoms with Crippen molar-refractivity contribution in [2.45, 2.75) is 51.5 Å². The Balaban J connectivity index is 2.10. The second kappa shape index (κ2) is 5.69. The van der Waals surface area contributed by atoms with Crippen LogP contribution in [-0.2, 0) is 6.54 Å². The van der Waals surface area contributed by atoms with Gasteiger partial charge in [-0.3, -0.25) is 0 Å². The van der Waals surface area contributed by atoms with Crippen molar-refractivity contribution < 1.29 is 4.39 Å². The summed E-state index contributed by atoms with van der Waals surface area (Å²) in [5, 5.41) is -0.171. The summed E-state index contributed by atoms with van der Waals surface area (Å²) >= 11 is 8.31. The molecule has 1 unspecified atom stereocenters. The molecule has 0 spiro atoms. The van der Waals surface area contributed by atoms with Gasteiger partial charge in [0.25, 0.3) is 0 Å². The second-order valence-electron chi connectivity index (χ2n) is 6.18. The molecule has 0 radical (unpaired) electrons. The minimum atomic E-state index is -0.182. The van der Waals surface area contributed by atoms with E-state index in [0.29, 0.717) is 8.99 Å². The molecule has 2 aromatic rings. The van der Waals surface area contributed by atoms with Crippen molar-refractivity contribution in [1.82, 2.24) is 9.55 Å². The number of hydrogen-bond donors (Lipinski definition) is 0. The van der Waals surface area contributed by atoms with Gasteiger partial charge in [0.2, 0.25) is 0 Å². The van der Waals surface area contributed by atoms with Crippen molar-refractivity contribution in [2.75, 3.05) is 0 Å². The van der Waals surface area contributed by atoms with E-state index in [2.05, 4.69) is 16.5 Å². The summed E-state index contributed by atoms with van der Waals surface area (Å²) in [6.07, 6.45) is 4.91. The SMILES string of the molecule is CCCC1(Cn2c(C(C)Cl)nc3cc(I)c(F)cc32)CC1. The third-order valence-corrected chi connectivity index (χ3v) is 5.43. The number of fused-ring (bicyclic) bond motifs is 1. The standard InChI is InChI=1S/C16H19ClFIN2/c1-3-4-16(5-6-16)9-21-14-7-11(18)12(19)8-13(14)20-15(21)10(2)17/h7-8,10H,3-6,9H2,1-2H3. The molecule has 0 saturated heterocycles. The van der Waals surface area contributed by atoms with Crippen LogP contribution in [0.5, 0.6) is 0 Å². The monoisotopic (exact) mass is 420 g/mol. The molecule has 5 heteroatoms. The summed E-state index contributed by atoms with van der Waals surface area (Å²) in [5.41, 5.74) is 2.09. The van der Waals surface area contributed by atoms with Crippen LogP contribution in [-0.4, -0.2) is 9.55 Å². The Morgan fingerprint density at radius 3 is 2.76 bits per heavy atom. The van der Waals surface area contributed by atoms with E-state index in [-0.39, 0.29) is 11.2 Å². The van der Waals surface area contributed by atoms with E-state index in [9.17, 15) is 4.39 Å². The highest BCUT2D eigenvalue weighted by atomic mass is 127. The van der Waals surface area contributed by atoms with E-state index in [1.54, 1.807) is 6.07 Å². The van der Waals surface area contributed by atoms with E-state index in [0.717, 1.165) is 23.4 Å². The van der Waals surface area contributed by atoms with Crippen molar-refractivity contribution in [3.63, 3.8) is 0 Å². The van der Waals surface area contributed by atoms with Crippen LogP contribution in [0, 0.1) is 14.8 Å². The summed E-state index contributed by atoms with van der Waals surface area (Å²) < 4.78 is 16.7. The highest BCUT2D eigenvalue weighted by Crippen LogP contribution is 2.51. The van der Waals surface area contributed by atoms with Crippen LogP contribution in [0.25, 0.3) is 11.0 Å². The number of aromatic nitrogens is 2. The second-order valence-corrected chi connectivity index (χ2v) is 7.99. The lowest BCUT2D eigenvalue weighted by atomic mass is 10.0. The van der Waals surface area contributed by atoms with Gasteiger partial charge < -0.3 is 4.57 Å². The first-order chi connectivity index (χ1) is 9.96. The molecule has 114 valence electrons. The van der Waals surface area contributed by atoms with Gasteiger partial charge in [-0.1, -0.05) is 13.3 Å². The first-order valence-electron chi connectivity index (χ1n) is 7.45. The van der Waals surface area contributed by atoms with Crippen molar-refractivity contribution in [1.29, 1.82) is 0 Å². The van der Waals surface area contributed by atoms with Gasteiger partial charge in [0.15, 0.2) is 0 Å². The lowest BCUT2D eigenvalue weighted by Gasteiger charge is -2.18. The Hall–Kier alpha value is -0.360. The highest BCUT2D eigenvalue weighted by molar-refractivity contribution is 14.1. The number of benzene rings is 1. The van der Waals surface area contributed by atoms with E-state index in [4.69, 9.17) is 11.6 Å². The van der Waals surface area contributed by atoms with Gasteiger partial charge in [0, 0.05) is 12.6 Å². The Morgan fingerprint density at radius 1 is 1.48 bits per heavy atom. The molecule has 1 aliphatic rings. The van der Waals surface area contributed by atoms with E-state index < -0.39 is 0 Å². The maximum absolute atomic E-state index is 14.0. The molecule has 1 saturated carbocycles. The molecule has 21 heavy (non-hydrogen) atoms. The van der Waals surface area contributed by atoms with Crippen LogP contribution in [0.2, 0.25) is 0 Å². The molecule has 1 aromatic carbocycles. The van der Waals surface area contributed by atoms with Crippen molar-refractivity contribution in [2.24, 2.45) is 5.41 Å². The minimum Gasteiger partial charge on any atom is -0.326 e. The molecule has 2 nitrogen and oxygen atoms in total. The third-order valence-electron chi connectivity index (χ3n) is 4.41. The molecule has 0 aliphatic heterocycles. The molecular formula is C16H19ClFIN2. The Morgan fingerprint density at radius 2 is 2.19 bits per heavy atom. The number of hydrogen-bond acceptors (Lipinski definition) is 1. The number of halogens is 3. The van der Waals surface area contributed by atoms with Gasteiger partial charge in [0.1, 0.15) is 11.6 Å². The van der Waals surface area contributed by atoms with Crippen molar-refractivity contribution in [3.8, 4) is 0 Å². The van der Waals surface area contributed by atoms with Crippen LogP contribution >= 0.6 is 34.2 Å². The van der Waals surface area contributed by atoms with Crippen molar-refractivity contribution in [3.05, 3.63) is 27.3 Å². The van der Waals surface area contributed by atoms with Gasteiger partial charge in [-0.15, -0.1) is 11.6 Å². The summed E-state index contributed by atoms with van der Waals surface area (Å²) in [6, 6.07) is 3.42. The zero-order chi connectivity index (χ0) is 15.2. The van der Waals surface area contributed by atoms with Crippen LogP contribution in [0.4, 0.5) is 4.39 Å². The Bertz CT molecular complexity index is 676. The third kappa shape index (κ3) is 2.93. The van der Waals surface area contributed by atoms with Gasteiger partial charge in [-0.2, -0.15) is 0 Å². The molecule has 0 amide bonds. The van der Waals surface area contributed by atoms with Gasteiger partial charge >= 0.3 is 0 Å². The summed E-state index contributed by atoms with van der Waals surface area (Å²) in [7, 11) is 0. The van der Waals surface area contributed by atoms with Crippen molar-refractivity contribution >= 4 is 45.2 Å². The molecule has 1 aliphatic carbocycles. The van der Waals surface area contributed by atoms with Crippen LogP contribution in [0.3, 0.4) is 0 Å². The predicted octanol–water partition coefficient (Wildman–Crippen LogP) is 5.66. The molecule has 1 atom stereocenters. The smallest absolute Gasteiger partial charge is 0.138 e. The predicted molar refractivity (Wildman–Crippen MR) is 93.3 cm³/mol. The van der Waals surface area contributed by atoms with E-state index in [1.807, 2.05) is 35.6 Å². The average molecular weight is 421 g/mol. The van der Waals surface area contributed by atoms with Crippen LogP contribution in [0.1, 0.15) is 50.7 Å². The highest BCUT2D eigenvalue weighted by Gasteiger charge is 2.42. The van der Waals surface area contributed by atoms with Crippen LogP contribution < -0.4 is 0 Å². The lowest BCUT2D eigenvalue weighted by Crippen LogP contribution is -2.14. The number of rotatable bonds is 5. The first kappa shape index (κ1) is 15.5. The molecule has 1 fully saturated rings. The van der Waals surface area contributed by atoms with Crippen LogP contribution in [0.15, 0.2) is 12.1 Å². The fourth-order valence-corrected chi connectivity index (χ4v) is 3.76. The minimum absolute atomic E-state index is 0.171. The Labute approximate surface area is 143 Å². The fraction of sp³-hybridized carbons (Fsp3) is 0.562. The summed E-state index contributed by atoms with van der Waals surface area (Å²) in [6.45, 7) is 5.06. The van der Waals surface area contributed by atoms with Gasteiger partial charge in [-0.25, -0.2) is 9.37 Å². The average Bonchev–Trinajstić information content (AvgIpc) is 3.09. The largest absolute Gasteiger partial charge is 0.326 e. The molecule has 0 N–H and O–H groups in total.